The van der Waals surface area contributed by atoms with Crippen molar-refractivity contribution >= 4 is 33.8 Å². The first-order valence-corrected chi connectivity index (χ1v) is 13.6. The summed E-state index contributed by atoms with van der Waals surface area (Å²) in [5.41, 5.74) is 0.947. The molecular formula is C26H26N2O4S2. The molecule has 2 aromatic rings. The van der Waals surface area contributed by atoms with Crippen molar-refractivity contribution in [1.29, 1.82) is 0 Å². The van der Waals surface area contributed by atoms with Gasteiger partial charge in [-0.3, -0.25) is 13.9 Å². The van der Waals surface area contributed by atoms with Crippen molar-refractivity contribution in [3.05, 3.63) is 96.1 Å². The Labute approximate surface area is 204 Å². The molecule has 3 aliphatic rings. The van der Waals surface area contributed by atoms with Gasteiger partial charge in [0.2, 0.25) is 5.91 Å². The zero-order valence-electron chi connectivity index (χ0n) is 19.0. The van der Waals surface area contributed by atoms with Gasteiger partial charge in [0, 0.05) is 5.57 Å². The van der Waals surface area contributed by atoms with E-state index in [1.54, 1.807) is 12.2 Å². The molecule has 0 aromatic heterocycles. The zero-order chi connectivity index (χ0) is 24.2. The largest absolute Gasteiger partial charge is 0.273 e. The summed E-state index contributed by atoms with van der Waals surface area (Å²) < 4.78 is 30.6. The Kier molecular flexibility index (Phi) is 5.68. The number of fused-ring (bicyclic) bond motifs is 3. The van der Waals surface area contributed by atoms with Gasteiger partial charge in [-0.25, -0.2) is 12.7 Å². The molecule has 2 fully saturated rings. The van der Waals surface area contributed by atoms with Gasteiger partial charge in [0.1, 0.15) is 27.2 Å². The van der Waals surface area contributed by atoms with Crippen LogP contribution in [0.15, 0.2) is 85.0 Å². The summed E-state index contributed by atoms with van der Waals surface area (Å²) in [5, 5.41) is -1.65. The quantitative estimate of drug-likeness (QED) is 0.594. The minimum Gasteiger partial charge on any atom is -0.273 e. The van der Waals surface area contributed by atoms with Crippen LogP contribution in [0.2, 0.25) is 0 Å². The average Bonchev–Trinajstić information content (AvgIpc) is 3.26. The average molecular weight is 495 g/mol. The number of nitrogens with zero attached hydrogens (tertiary/aromatic N) is 2. The van der Waals surface area contributed by atoms with Crippen LogP contribution in [-0.4, -0.2) is 39.3 Å². The fraction of sp³-hybridized carbons (Fsp3) is 0.308. The molecule has 0 radical (unpaired) electrons. The van der Waals surface area contributed by atoms with Crippen molar-refractivity contribution in [1.82, 2.24) is 8.61 Å². The second-order valence-corrected chi connectivity index (χ2v) is 11.8. The maximum Gasteiger partial charge on any atom is 0.263 e. The predicted octanol–water partition coefficient (Wildman–Crippen LogP) is 3.76. The van der Waals surface area contributed by atoms with E-state index in [9.17, 15) is 18.0 Å². The van der Waals surface area contributed by atoms with E-state index in [0.717, 1.165) is 11.1 Å². The molecule has 1 aliphatic carbocycles. The molecule has 0 saturated carbocycles. The molecule has 6 nitrogen and oxygen atoms in total. The highest BCUT2D eigenvalue weighted by Crippen LogP contribution is 2.53. The number of benzene rings is 2. The molecule has 0 spiro atoms. The van der Waals surface area contributed by atoms with Gasteiger partial charge in [0.05, 0.1) is 22.7 Å². The maximum atomic E-state index is 13.9. The third kappa shape index (κ3) is 3.11. The number of carbonyl (C=O) groups is 2. The summed E-state index contributed by atoms with van der Waals surface area (Å²) in [6, 6.07) is 18.0. The summed E-state index contributed by atoms with van der Waals surface area (Å²) in [5.74, 6) is -0.618. The molecule has 2 amide bonds. The summed E-state index contributed by atoms with van der Waals surface area (Å²) >= 11 is 0. The van der Waals surface area contributed by atoms with Crippen molar-refractivity contribution in [3.63, 3.8) is 0 Å². The molecule has 0 N–H and O–H groups in total. The van der Waals surface area contributed by atoms with E-state index in [1.807, 2.05) is 74.5 Å². The van der Waals surface area contributed by atoms with Gasteiger partial charge in [-0.15, -0.1) is 6.58 Å². The molecule has 2 aromatic carbocycles. The van der Waals surface area contributed by atoms with Gasteiger partial charge in [-0.1, -0.05) is 72.8 Å². The van der Waals surface area contributed by atoms with Crippen LogP contribution in [0.1, 0.15) is 43.5 Å². The molecule has 2 saturated heterocycles. The van der Waals surface area contributed by atoms with Crippen LogP contribution in [0.5, 0.6) is 0 Å². The first-order chi connectivity index (χ1) is 16.3. The molecule has 34 heavy (non-hydrogen) atoms. The van der Waals surface area contributed by atoms with Gasteiger partial charge in [-0.05, 0) is 31.4 Å². The van der Waals surface area contributed by atoms with E-state index in [4.69, 9.17) is 0 Å². The molecule has 2 heterocycles. The van der Waals surface area contributed by atoms with Gasteiger partial charge < -0.3 is 0 Å². The number of hydrogen-bond donors (Lipinski definition) is 0. The molecule has 2 aliphatic heterocycles. The number of rotatable bonds is 5. The van der Waals surface area contributed by atoms with Crippen molar-refractivity contribution < 1.29 is 18.0 Å². The van der Waals surface area contributed by atoms with Crippen molar-refractivity contribution in [2.75, 3.05) is 0 Å². The molecule has 0 bridgehead atoms. The van der Waals surface area contributed by atoms with E-state index in [2.05, 4.69) is 6.58 Å². The third-order valence-corrected chi connectivity index (χ3v) is 11.2. The number of amides is 2. The lowest BCUT2D eigenvalue weighted by atomic mass is 9.73. The number of allylic oxidation sites excluding steroid dienone is 1. The predicted molar refractivity (Wildman–Crippen MR) is 133 cm³/mol. The summed E-state index contributed by atoms with van der Waals surface area (Å²) in [7, 11) is -3.58. The van der Waals surface area contributed by atoms with Gasteiger partial charge in [-0.2, -0.15) is 0 Å². The van der Waals surface area contributed by atoms with E-state index in [0.29, 0.717) is 5.57 Å². The molecule has 8 heteroatoms. The van der Waals surface area contributed by atoms with Crippen LogP contribution in [0.25, 0.3) is 0 Å². The van der Waals surface area contributed by atoms with Crippen molar-refractivity contribution in [3.8, 4) is 0 Å². The van der Waals surface area contributed by atoms with Crippen LogP contribution in [0, 0.1) is 5.41 Å². The highest BCUT2D eigenvalue weighted by atomic mass is 32.2. The topological polar surface area (TPSA) is 74.8 Å². The Morgan fingerprint density at radius 2 is 1.44 bits per heavy atom. The van der Waals surface area contributed by atoms with Crippen molar-refractivity contribution in [2.24, 2.45) is 5.41 Å². The normalized spacial score (nSPS) is 32.1. The monoisotopic (exact) mass is 494 g/mol. The standard InChI is InChI=1S/C26H26N2O4S2/c1-4-26-16-15-21-22(33(31)27(24(21)29)17(2)19-11-7-5-8-12-19)23(26)34(32)28(25(26)30)18(3)20-13-9-6-10-14-20/h4-15,17-18,22-23H,1,16H2,2-3H3/t17-,18-,22+,23-,26+,33?,34?/m0/s1. The van der Waals surface area contributed by atoms with Gasteiger partial charge >= 0.3 is 0 Å². The first kappa shape index (κ1) is 22.9. The lowest BCUT2D eigenvalue weighted by molar-refractivity contribution is -0.134. The second-order valence-electron chi connectivity index (χ2n) is 8.94. The van der Waals surface area contributed by atoms with E-state index >= 15 is 0 Å². The summed E-state index contributed by atoms with van der Waals surface area (Å²) in [6.07, 6.45) is 3.48. The fourth-order valence-electron chi connectivity index (χ4n) is 5.29. The highest BCUT2D eigenvalue weighted by molar-refractivity contribution is 7.89. The Bertz CT molecular complexity index is 1250. The van der Waals surface area contributed by atoms with Crippen LogP contribution < -0.4 is 0 Å². The van der Waals surface area contributed by atoms with Gasteiger partial charge in [0.15, 0.2) is 0 Å². The third-order valence-electron chi connectivity index (χ3n) is 7.25. The van der Waals surface area contributed by atoms with E-state index in [-0.39, 0.29) is 18.2 Å². The molecular weight excluding hydrogens is 468 g/mol. The minimum absolute atomic E-state index is 0.214. The molecule has 7 atom stereocenters. The van der Waals surface area contributed by atoms with Crippen LogP contribution >= 0.6 is 0 Å². The summed E-state index contributed by atoms with van der Waals surface area (Å²) in [4.78, 5) is 27.2. The molecule has 2 unspecified atom stereocenters. The molecule has 5 rings (SSSR count). The highest BCUT2D eigenvalue weighted by Gasteiger charge is 2.67. The van der Waals surface area contributed by atoms with Crippen molar-refractivity contribution in [2.45, 2.75) is 42.9 Å². The smallest absolute Gasteiger partial charge is 0.263 e. The Balaban J connectivity index is 1.55. The minimum atomic E-state index is -1.80. The second kappa shape index (κ2) is 8.43. The van der Waals surface area contributed by atoms with E-state index < -0.39 is 50.0 Å². The summed E-state index contributed by atoms with van der Waals surface area (Å²) in [6.45, 7) is 7.60. The van der Waals surface area contributed by atoms with Crippen LogP contribution in [-0.2, 0) is 31.6 Å². The molecule has 176 valence electrons. The Morgan fingerprint density at radius 3 is 1.97 bits per heavy atom. The lowest BCUT2D eigenvalue weighted by Gasteiger charge is -2.33. The fourth-order valence-corrected chi connectivity index (χ4v) is 9.70. The number of hydrogen-bond acceptors (Lipinski definition) is 4. The maximum absolute atomic E-state index is 13.9. The van der Waals surface area contributed by atoms with Crippen LogP contribution in [0.3, 0.4) is 0 Å². The Hall–Kier alpha value is -2.84. The number of carbonyl (C=O) groups excluding carboxylic acids is 2. The zero-order valence-corrected chi connectivity index (χ0v) is 20.6. The van der Waals surface area contributed by atoms with E-state index in [1.165, 1.54) is 8.61 Å². The van der Waals surface area contributed by atoms with Crippen LogP contribution in [0.4, 0.5) is 0 Å². The Morgan fingerprint density at radius 1 is 0.912 bits per heavy atom. The SMILES string of the molecule is C=C[C@@]12CC=C3C(=O)N([C@@H](C)c4ccccc4)S(=O)[C@H]3[C@@H]1S(=O)N([C@@H](C)c1ccccc1)C2=O. The first-order valence-electron chi connectivity index (χ1n) is 11.3. The van der Waals surface area contributed by atoms with Gasteiger partial charge in [0.25, 0.3) is 5.91 Å². The lowest BCUT2D eigenvalue weighted by Crippen LogP contribution is -2.47.